The van der Waals surface area contributed by atoms with Crippen LogP contribution in [0.3, 0.4) is 0 Å². The molecular formula is C26H25NO6. The van der Waals surface area contributed by atoms with Crippen LogP contribution in [-0.4, -0.2) is 49.0 Å². The lowest BCUT2D eigenvalue weighted by molar-refractivity contribution is 0.0172. The Bertz CT molecular complexity index is 1120. The number of hydrogen-bond acceptors (Lipinski definition) is 6. The average molecular weight is 447 g/mol. The highest BCUT2D eigenvalue weighted by atomic mass is 16.5. The van der Waals surface area contributed by atoms with Gasteiger partial charge in [-0.1, -0.05) is 48.5 Å². The number of fused-ring (bicyclic) bond motifs is 3. The minimum Gasteiger partial charge on any atom is -0.496 e. The fourth-order valence-electron chi connectivity index (χ4n) is 4.21. The molecule has 1 aliphatic rings. The highest BCUT2D eigenvalue weighted by molar-refractivity contribution is 5.79. The molecule has 170 valence electrons. The van der Waals surface area contributed by atoms with Gasteiger partial charge in [-0.15, -0.1) is 0 Å². The molecule has 0 fully saturated rings. The van der Waals surface area contributed by atoms with Gasteiger partial charge < -0.3 is 25.0 Å². The van der Waals surface area contributed by atoms with E-state index in [4.69, 9.17) is 9.47 Å². The van der Waals surface area contributed by atoms with Gasteiger partial charge in [0.15, 0.2) is 0 Å². The second-order valence-electron chi connectivity index (χ2n) is 7.84. The molecule has 4 rings (SSSR count). The van der Waals surface area contributed by atoms with Crippen LogP contribution in [0.5, 0.6) is 5.75 Å². The van der Waals surface area contributed by atoms with Crippen molar-refractivity contribution in [2.45, 2.75) is 18.1 Å². The van der Waals surface area contributed by atoms with E-state index in [1.165, 1.54) is 19.2 Å². The summed E-state index contributed by atoms with van der Waals surface area (Å²) in [6.45, 7) is -0.0972. The van der Waals surface area contributed by atoms with Gasteiger partial charge >= 0.3 is 6.09 Å². The number of methoxy groups -OCH3 is 1. The normalized spacial score (nSPS) is 14.0. The fourth-order valence-corrected chi connectivity index (χ4v) is 4.21. The second kappa shape index (κ2) is 9.85. The van der Waals surface area contributed by atoms with Gasteiger partial charge in [-0.3, -0.25) is 4.79 Å². The van der Waals surface area contributed by atoms with Crippen LogP contribution in [-0.2, 0) is 4.74 Å². The number of ether oxygens (including phenoxy) is 2. The topological polar surface area (TPSA) is 105 Å². The van der Waals surface area contributed by atoms with Gasteiger partial charge in [0.05, 0.1) is 7.11 Å². The largest absolute Gasteiger partial charge is 0.496 e. The summed E-state index contributed by atoms with van der Waals surface area (Å²) >= 11 is 0. The second-order valence-corrected chi connectivity index (χ2v) is 7.84. The Morgan fingerprint density at radius 1 is 1.03 bits per heavy atom. The van der Waals surface area contributed by atoms with Crippen molar-refractivity contribution in [3.8, 4) is 16.9 Å². The van der Waals surface area contributed by atoms with Gasteiger partial charge in [-0.2, -0.15) is 0 Å². The first-order valence-electron chi connectivity index (χ1n) is 10.6. The van der Waals surface area contributed by atoms with E-state index in [0.29, 0.717) is 17.6 Å². The van der Waals surface area contributed by atoms with Crippen molar-refractivity contribution >= 4 is 12.4 Å². The van der Waals surface area contributed by atoms with Crippen LogP contribution in [0.2, 0.25) is 0 Å². The molecule has 1 aliphatic carbocycles. The molecule has 33 heavy (non-hydrogen) atoms. The Balaban J connectivity index is 1.36. The molecule has 0 aliphatic heterocycles. The van der Waals surface area contributed by atoms with Gasteiger partial charge in [-0.25, -0.2) is 4.79 Å². The van der Waals surface area contributed by atoms with Crippen LogP contribution in [0.25, 0.3) is 11.1 Å². The molecule has 7 nitrogen and oxygen atoms in total. The molecule has 0 saturated carbocycles. The van der Waals surface area contributed by atoms with E-state index >= 15 is 0 Å². The van der Waals surface area contributed by atoms with Gasteiger partial charge in [-0.05, 0) is 40.5 Å². The molecule has 0 radical (unpaired) electrons. The number of aliphatic hydroxyl groups excluding tert-OH is 2. The first-order valence-corrected chi connectivity index (χ1v) is 10.6. The van der Waals surface area contributed by atoms with Crippen LogP contribution in [0.1, 0.15) is 39.1 Å². The maximum Gasteiger partial charge on any atom is 0.407 e. The van der Waals surface area contributed by atoms with Crippen molar-refractivity contribution in [2.24, 2.45) is 0 Å². The predicted molar refractivity (Wildman–Crippen MR) is 122 cm³/mol. The summed E-state index contributed by atoms with van der Waals surface area (Å²) in [7, 11) is 1.42. The Hall–Kier alpha value is -3.68. The van der Waals surface area contributed by atoms with Crippen LogP contribution in [0, 0.1) is 0 Å². The van der Waals surface area contributed by atoms with Crippen molar-refractivity contribution in [3.63, 3.8) is 0 Å². The molecule has 0 bridgehead atoms. The summed E-state index contributed by atoms with van der Waals surface area (Å²) in [4.78, 5) is 23.4. The number of nitrogens with one attached hydrogen (secondary N) is 1. The number of aldehydes is 1. The summed E-state index contributed by atoms with van der Waals surface area (Å²) in [5, 5.41) is 23.4. The third-order valence-electron chi connectivity index (χ3n) is 5.87. The van der Waals surface area contributed by atoms with Crippen LogP contribution in [0.15, 0.2) is 66.7 Å². The van der Waals surface area contributed by atoms with Gasteiger partial charge in [0.2, 0.25) is 0 Å². The highest BCUT2D eigenvalue weighted by Gasteiger charge is 2.29. The third kappa shape index (κ3) is 4.60. The Labute approximate surface area is 191 Å². The lowest BCUT2D eigenvalue weighted by Gasteiger charge is -2.21. The third-order valence-corrected chi connectivity index (χ3v) is 5.87. The van der Waals surface area contributed by atoms with E-state index in [2.05, 4.69) is 17.4 Å². The van der Waals surface area contributed by atoms with Crippen LogP contribution in [0.4, 0.5) is 4.79 Å². The molecule has 7 heteroatoms. The quantitative estimate of drug-likeness (QED) is 0.457. The van der Waals surface area contributed by atoms with E-state index in [-0.39, 0.29) is 24.6 Å². The van der Waals surface area contributed by atoms with E-state index in [9.17, 15) is 19.8 Å². The zero-order valence-electron chi connectivity index (χ0n) is 18.1. The summed E-state index contributed by atoms with van der Waals surface area (Å²) < 4.78 is 10.6. The van der Waals surface area contributed by atoms with E-state index in [0.717, 1.165) is 22.3 Å². The number of rotatable bonds is 8. The molecule has 3 N–H and O–H groups in total. The van der Waals surface area contributed by atoms with Crippen molar-refractivity contribution < 1.29 is 29.3 Å². The molecular weight excluding hydrogens is 422 g/mol. The number of hydrogen-bond donors (Lipinski definition) is 3. The van der Waals surface area contributed by atoms with Gasteiger partial charge in [0, 0.05) is 23.6 Å². The average Bonchev–Trinajstić information content (AvgIpc) is 3.18. The Morgan fingerprint density at radius 3 is 2.27 bits per heavy atom. The van der Waals surface area contributed by atoms with Crippen molar-refractivity contribution in [1.82, 2.24) is 5.32 Å². The molecule has 0 spiro atoms. The molecule has 2 atom stereocenters. The monoisotopic (exact) mass is 447 g/mol. The number of carbonyl (C=O) groups is 2. The number of benzene rings is 3. The fraction of sp³-hybridized carbons (Fsp3) is 0.231. The van der Waals surface area contributed by atoms with E-state index < -0.39 is 18.3 Å². The van der Waals surface area contributed by atoms with E-state index in [1.807, 2.05) is 36.4 Å². The minimum atomic E-state index is -1.37. The van der Waals surface area contributed by atoms with E-state index in [1.54, 1.807) is 6.07 Å². The first kappa shape index (κ1) is 22.5. The lowest BCUT2D eigenvalue weighted by atomic mass is 9.98. The molecule has 3 aromatic carbocycles. The predicted octanol–water partition coefficient (Wildman–Crippen LogP) is 3.44. The Morgan fingerprint density at radius 2 is 1.67 bits per heavy atom. The zero-order chi connectivity index (χ0) is 23.4. The minimum absolute atomic E-state index is 0.0750. The molecule has 2 unspecified atom stereocenters. The number of aliphatic hydroxyl groups is 2. The smallest absolute Gasteiger partial charge is 0.407 e. The summed E-state index contributed by atoms with van der Waals surface area (Å²) in [6, 6.07) is 20.6. The molecule has 0 heterocycles. The van der Waals surface area contributed by atoms with Crippen molar-refractivity contribution in [2.75, 3.05) is 20.3 Å². The van der Waals surface area contributed by atoms with Crippen LogP contribution >= 0.6 is 0 Å². The van der Waals surface area contributed by atoms with Crippen molar-refractivity contribution in [1.29, 1.82) is 0 Å². The molecule has 1 amide bonds. The SMILES string of the molecule is COc1ccc(C=O)cc1C(O)C(O)CNC(=O)OCC1c2ccccc2-c2ccccc21. The Kier molecular flexibility index (Phi) is 6.72. The first-order chi connectivity index (χ1) is 16.0. The number of alkyl carbamates (subject to hydrolysis) is 1. The van der Waals surface area contributed by atoms with Gasteiger partial charge in [0.1, 0.15) is 30.9 Å². The molecule has 0 aromatic heterocycles. The van der Waals surface area contributed by atoms with Crippen LogP contribution < -0.4 is 10.1 Å². The highest BCUT2D eigenvalue weighted by Crippen LogP contribution is 2.44. The number of carbonyl (C=O) groups excluding carboxylic acids is 2. The van der Waals surface area contributed by atoms with Gasteiger partial charge in [0.25, 0.3) is 0 Å². The number of amides is 1. The summed E-state index contributed by atoms with van der Waals surface area (Å²) in [5.41, 5.74) is 5.05. The molecule has 3 aromatic rings. The zero-order valence-corrected chi connectivity index (χ0v) is 18.1. The standard InChI is InChI=1S/C26H25NO6/c1-32-24-11-10-16(14-28)12-21(24)25(30)23(29)13-27-26(31)33-15-22-19-8-4-2-6-17(19)18-7-3-5-9-20(18)22/h2-12,14,22-23,25,29-30H,13,15H2,1H3,(H,27,31). The van der Waals surface area contributed by atoms with Crippen molar-refractivity contribution in [3.05, 3.63) is 89.0 Å². The maximum atomic E-state index is 12.3. The lowest BCUT2D eigenvalue weighted by Crippen LogP contribution is -2.36. The summed E-state index contributed by atoms with van der Waals surface area (Å²) in [5.74, 6) is 0.252. The molecule has 0 saturated heterocycles. The summed E-state index contributed by atoms with van der Waals surface area (Å²) in [6.07, 6.45) is -2.76. The maximum absolute atomic E-state index is 12.3.